The van der Waals surface area contributed by atoms with E-state index in [1.54, 1.807) is 7.05 Å². The number of β-amino-alcohol motifs (C(OH)–C–C–N with tert-alkyl or cyclic N) is 1. The van der Waals surface area contributed by atoms with Gasteiger partial charge in [0.2, 0.25) is 0 Å². The number of nitrogens with two attached hydrogens (primary N) is 3. The summed E-state index contributed by atoms with van der Waals surface area (Å²) < 4.78 is 36.5. The van der Waals surface area contributed by atoms with Crippen LogP contribution in [0.15, 0.2) is 4.99 Å². The van der Waals surface area contributed by atoms with E-state index >= 15 is 0 Å². The van der Waals surface area contributed by atoms with Crippen LogP contribution in [0.4, 0.5) is 4.39 Å². The standard InChI is InChI=1S/C25H46FN7O9/c1-24(37)10-39-22(17(35)20(24)30-2)42-19-14(33-23(36)25(38)8-31-9-25)5-13(28)18(16(19)34)41-21-12(27)4-3-11(40-21)7-32-15(29)6-26/h11-14,16-22,30-31,34-35,37-38H,3-10,27-28H2,1-2H3,(H2,29,32)(H,33,36)/t11-,12?,13-,14+,16?,17?,18?,19?,20+,21+,22+,24?/m0/s1. The molecule has 0 aromatic rings. The summed E-state index contributed by atoms with van der Waals surface area (Å²) in [6.45, 7) is 0.646. The second kappa shape index (κ2) is 13.6. The molecule has 12 atom stereocenters. The predicted molar refractivity (Wildman–Crippen MR) is 146 cm³/mol. The van der Waals surface area contributed by atoms with Gasteiger partial charge in [0.25, 0.3) is 5.91 Å². The van der Waals surface area contributed by atoms with Gasteiger partial charge in [-0.15, -0.1) is 0 Å². The van der Waals surface area contributed by atoms with Gasteiger partial charge in [-0.3, -0.25) is 9.79 Å². The summed E-state index contributed by atoms with van der Waals surface area (Å²) in [5, 5.41) is 52.1. The Bertz CT molecular complexity index is 961. The number of aliphatic hydroxyl groups excluding tert-OH is 2. The van der Waals surface area contributed by atoms with E-state index < -0.39 is 91.1 Å². The average Bonchev–Trinajstić information content (AvgIpc) is 2.92. The molecule has 1 amide bonds. The highest BCUT2D eigenvalue weighted by Gasteiger charge is 2.53. The van der Waals surface area contributed by atoms with Gasteiger partial charge in [0, 0.05) is 19.1 Å². The number of aliphatic hydroxyl groups is 4. The third kappa shape index (κ3) is 7.19. The molecule has 4 fully saturated rings. The Hall–Kier alpha value is -1.61. The molecule has 0 spiro atoms. The first-order valence-corrected chi connectivity index (χ1v) is 14.2. The molecule has 17 heteroatoms. The van der Waals surface area contributed by atoms with Crippen molar-refractivity contribution in [1.29, 1.82) is 0 Å². The first kappa shape index (κ1) is 33.3. The first-order chi connectivity index (χ1) is 19.8. The van der Waals surface area contributed by atoms with Crippen molar-refractivity contribution in [1.82, 2.24) is 16.0 Å². The summed E-state index contributed by atoms with van der Waals surface area (Å²) in [7, 11) is 1.57. The predicted octanol–water partition coefficient (Wildman–Crippen LogP) is -5.12. The summed E-state index contributed by atoms with van der Waals surface area (Å²) >= 11 is 0. The quantitative estimate of drug-likeness (QED) is 0.0823. The highest BCUT2D eigenvalue weighted by atomic mass is 19.1. The Morgan fingerprint density at radius 3 is 2.43 bits per heavy atom. The minimum absolute atomic E-state index is 0.0555. The summed E-state index contributed by atoms with van der Waals surface area (Å²) in [6.07, 6.45) is -6.81. The monoisotopic (exact) mass is 607 g/mol. The van der Waals surface area contributed by atoms with Crippen LogP contribution < -0.4 is 33.2 Å². The molecule has 242 valence electrons. The van der Waals surface area contributed by atoms with E-state index in [2.05, 4.69) is 20.9 Å². The van der Waals surface area contributed by atoms with Gasteiger partial charge in [-0.25, -0.2) is 4.39 Å². The van der Waals surface area contributed by atoms with Gasteiger partial charge in [0.1, 0.15) is 42.5 Å². The number of carbonyl (C=O) groups excluding carboxylic acids is 1. The van der Waals surface area contributed by atoms with Crippen LogP contribution in [0.5, 0.6) is 0 Å². The van der Waals surface area contributed by atoms with Crippen molar-refractivity contribution in [2.45, 2.75) is 105 Å². The molecule has 13 N–H and O–H groups in total. The van der Waals surface area contributed by atoms with Crippen LogP contribution in [-0.4, -0.2) is 151 Å². The molecule has 42 heavy (non-hydrogen) atoms. The van der Waals surface area contributed by atoms with Crippen LogP contribution in [-0.2, 0) is 23.7 Å². The zero-order valence-electron chi connectivity index (χ0n) is 23.9. The lowest BCUT2D eigenvalue weighted by Crippen LogP contribution is -2.72. The lowest BCUT2D eigenvalue weighted by molar-refractivity contribution is -0.307. The number of hydrogen-bond acceptors (Lipinski definition) is 14. The highest BCUT2D eigenvalue weighted by molar-refractivity contribution is 5.87. The molecule has 1 saturated carbocycles. The van der Waals surface area contributed by atoms with Gasteiger partial charge >= 0.3 is 0 Å². The number of alkyl halides is 1. The molecule has 3 saturated heterocycles. The number of halogens is 1. The van der Waals surface area contributed by atoms with Gasteiger partial charge in [0.05, 0.1) is 37.4 Å². The topological polar surface area (TPSA) is 261 Å². The van der Waals surface area contributed by atoms with Crippen molar-refractivity contribution in [3.63, 3.8) is 0 Å². The molecule has 0 bridgehead atoms. The largest absolute Gasteiger partial charge is 0.388 e. The Balaban J connectivity index is 1.51. The first-order valence-electron chi connectivity index (χ1n) is 14.2. The van der Waals surface area contributed by atoms with Crippen molar-refractivity contribution in [2.24, 2.45) is 22.2 Å². The molecular formula is C25H46FN7O9. The second-order valence-corrected chi connectivity index (χ2v) is 11.9. The molecular weight excluding hydrogens is 561 g/mol. The van der Waals surface area contributed by atoms with Crippen LogP contribution in [0.3, 0.4) is 0 Å². The smallest absolute Gasteiger partial charge is 0.254 e. The third-order valence-electron chi connectivity index (χ3n) is 8.45. The number of amidine groups is 1. The molecule has 3 aliphatic heterocycles. The Labute approximate surface area is 243 Å². The Morgan fingerprint density at radius 2 is 1.81 bits per heavy atom. The van der Waals surface area contributed by atoms with Crippen LogP contribution in [0.25, 0.3) is 0 Å². The SMILES string of the molecule is CN[C@@H]1C(O)[C@@H](OC2C(O)C(O[C@H]3O[C@H](CN=C(N)CF)CCC3N)[C@@H](N)C[C@H]2NC(=O)C2(O)CNC2)OCC1(C)O. The van der Waals surface area contributed by atoms with E-state index in [1.807, 2.05) is 0 Å². The molecule has 0 aromatic carbocycles. The molecule has 6 unspecified atom stereocenters. The Morgan fingerprint density at radius 1 is 1.12 bits per heavy atom. The molecule has 1 aliphatic carbocycles. The fourth-order valence-electron chi connectivity index (χ4n) is 5.84. The molecule has 0 radical (unpaired) electrons. The van der Waals surface area contributed by atoms with Gasteiger partial charge < -0.3 is 72.5 Å². The number of carbonyl (C=O) groups is 1. The number of nitrogens with zero attached hydrogens (tertiary/aromatic N) is 1. The van der Waals surface area contributed by atoms with Crippen molar-refractivity contribution in [3.8, 4) is 0 Å². The maximum Gasteiger partial charge on any atom is 0.254 e. The second-order valence-electron chi connectivity index (χ2n) is 11.9. The van der Waals surface area contributed by atoms with Crippen molar-refractivity contribution < 1.29 is 48.6 Å². The Kier molecular flexibility index (Phi) is 10.8. The van der Waals surface area contributed by atoms with E-state index in [4.69, 9.17) is 36.1 Å². The maximum atomic E-state index is 12.9. The maximum absolute atomic E-state index is 12.9. The zero-order chi connectivity index (χ0) is 30.8. The van der Waals surface area contributed by atoms with Gasteiger partial charge in [-0.1, -0.05) is 0 Å². The molecule has 0 aromatic heterocycles. The van der Waals surface area contributed by atoms with Crippen LogP contribution in [0.1, 0.15) is 26.2 Å². The van der Waals surface area contributed by atoms with Crippen molar-refractivity contribution in [2.75, 3.05) is 40.0 Å². The molecule has 4 rings (SSSR count). The fourth-order valence-corrected chi connectivity index (χ4v) is 5.84. The lowest BCUT2D eigenvalue weighted by atomic mass is 9.82. The number of ether oxygens (including phenoxy) is 4. The van der Waals surface area contributed by atoms with E-state index in [-0.39, 0.29) is 38.5 Å². The van der Waals surface area contributed by atoms with Crippen LogP contribution in [0.2, 0.25) is 0 Å². The number of amides is 1. The number of nitrogens with one attached hydrogen (secondary N) is 3. The van der Waals surface area contributed by atoms with Crippen molar-refractivity contribution in [3.05, 3.63) is 0 Å². The summed E-state index contributed by atoms with van der Waals surface area (Å²) in [4.78, 5) is 16.9. The van der Waals surface area contributed by atoms with Gasteiger partial charge in [-0.2, -0.15) is 0 Å². The average molecular weight is 608 g/mol. The van der Waals surface area contributed by atoms with E-state index in [1.165, 1.54) is 6.92 Å². The molecule has 3 heterocycles. The van der Waals surface area contributed by atoms with Gasteiger partial charge in [-0.05, 0) is 33.2 Å². The lowest BCUT2D eigenvalue weighted by Gasteiger charge is -2.49. The number of aliphatic imine (C=N–C) groups is 1. The molecule has 4 aliphatic rings. The van der Waals surface area contributed by atoms with E-state index in [0.29, 0.717) is 12.8 Å². The number of likely N-dealkylation sites (N-methyl/N-ethyl adjacent to an activating group) is 1. The minimum atomic E-state index is -1.63. The highest BCUT2D eigenvalue weighted by Crippen LogP contribution is 2.32. The fraction of sp³-hybridized carbons (Fsp3) is 0.920. The summed E-state index contributed by atoms with van der Waals surface area (Å²) in [6, 6.07) is -3.15. The van der Waals surface area contributed by atoms with Crippen molar-refractivity contribution >= 4 is 11.7 Å². The molecule has 16 nitrogen and oxygen atoms in total. The van der Waals surface area contributed by atoms with Gasteiger partial charge in [0.15, 0.2) is 18.2 Å². The van der Waals surface area contributed by atoms with E-state index in [0.717, 1.165) is 0 Å². The third-order valence-corrected chi connectivity index (χ3v) is 8.45. The number of rotatable bonds is 10. The summed E-state index contributed by atoms with van der Waals surface area (Å²) in [5.74, 6) is -0.825. The van der Waals surface area contributed by atoms with E-state index in [9.17, 15) is 29.6 Å². The summed E-state index contributed by atoms with van der Waals surface area (Å²) in [5.41, 5.74) is 15.1. The number of hydrogen-bond donors (Lipinski definition) is 10. The normalized spacial score (nSPS) is 44.3. The minimum Gasteiger partial charge on any atom is -0.388 e. The van der Waals surface area contributed by atoms with Crippen LogP contribution in [0, 0.1) is 0 Å². The van der Waals surface area contributed by atoms with Crippen LogP contribution >= 0.6 is 0 Å². The zero-order valence-corrected chi connectivity index (χ0v) is 23.9.